The second-order valence-corrected chi connectivity index (χ2v) is 3.59. The molecule has 0 nitrogen and oxygen atoms in total. The van der Waals surface area contributed by atoms with Crippen molar-refractivity contribution >= 4 is 0 Å². The minimum absolute atomic E-state index is 0.552. The second-order valence-electron chi connectivity index (χ2n) is 3.59. The molecular formula is C13H18. The van der Waals surface area contributed by atoms with Gasteiger partial charge in [-0.3, -0.25) is 0 Å². The summed E-state index contributed by atoms with van der Waals surface area (Å²) >= 11 is 0. The van der Waals surface area contributed by atoms with Gasteiger partial charge in [-0.1, -0.05) is 55.0 Å². The van der Waals surface area contributed by atoms with Gasteiger partial charge in [0, 0.05) is 0 Å². The number of rotatable bonds is 0. The highest BCUT2D eigenvalue weighted by molar-refractivity contribution is 5.14. The van der Waals surface area contributed by atoms with E-state index in [1.165, 1.54) is 5.57 Å². The molecule has 0 fully saturated rings. The molecular weight excluding hydrogens is 156 g/mol. The molecule has 0 heteroatoms. The molecule has 0 N–H and O–H groups in total. The normalized spacial score (nSPS) is 31.2. The minimum Gasteiger partial charge on any atom is -0.0842 e. The van der Waals surface area contributed by atoms with Crippen molar-refractivity contribution in [3.63, 3.8) is 0 Å². The minimum atomic E-state index is 0.552. The smallest absolute Gasteiger partial charge is 0.00787 e. The van der Waals surface area contributed by atoms with Crippen LogP contribution in [0.3, 0.4) is 0 Å². The molecule has 1 aliphatic rings. The van der Waals surface area contributed by atoms with Crippen molar-refractivity contribution in [1.29, 1.82) is 0 Å². The highest BCUT2D eigenvalue weighted by Gasteiger charge is 1.89. The predicted molar refractivity (Wildman–Crippen MR) is 59.6 cm³/mol. The van der Waals surface area contributed by atoms with E-state index < -0.39 is 0 Å². The summed E-state index contributed by atoms with van der Waals surface area (Å²) in [4.78, 5) is 0. The van der Waals surface area contributed by atoms with Crippen molar-refractivity contribution in [2.75, 3.05) is 0 Å². The third-order valence-electron chi connectivity index (χ3n) is 2.14. The molecule has 0 bridgehead atoms. The van der Waals surface area contributed by atoms with E-state index in [2.05, 4.69) is 56.4 Å². The first-order chi connectivity index (χ1) is 6.29. The van der Waals surface area contributed by atoms with Gasteiger partial charge in [-0.25, -0.2) is 0 Å². The first-order valence-electron chi connectivity index (χ1n) is 4.94. The Morgan fingerprint density at radius 1 is 1.15 bits per heavy atom. The fraction of sp³-hybridized carbons (Fsp3) is 0.385. The van der Waals surface area contributed by atoms with Gasteiger partial charge in [0.05, 0.1) is 0 Å². The molecule has 0 aromatic heterocycles. The van der Waals surface area contributed by atoms with Crippen molar-refractivity contribution in [2.24, 2.45) is 5.92 Å². The highest BCUT2D eigenvalue weighted by Crippen LogP contribution is 2.07. The topological polar surface area (TPSA) is 0 Å². The Balaban J connectivity index is 2.67. The van der Waals surface area contributed by atoms with E-state index in [9.17, 15) is 0 Å². The van der Waals surface area contributed by atoms with Crippen LogP contribution in [0.25, 0.3) is 0 Å². The van der Waals surface area contributed by atoms with Crippen molar-refractivity contribution in [3.05, 3.63) is 48.1 Å². The van der Waals surface area contributed by atoms with Crippen molar-refractivity contribution < 1.29 is 0 Å². The van der Waals surface area contributed by atoms with Crippen LogP contribution in [0, 0.1) is 5.92 Å². The molecule has 70 valence electrons. The second kappa shape index (κ2) is 5.58. The Bertz CT molecular complexity index is 251. The van der Waals surface area contributed by atoms with Crippen molar-refractivity contribution in [1.82, 2.24) is 0 Å². The predicted octanol–water partition coefficient (Wildman–Crippen LogP) is 4.03. The maximum Gasteiger partial charge on any atom is -0.00787 e. The average molecular weight is 174 g/mol. The molecule has 0 aliphatic heterocycles. The zero-order valence-corrected chi connectivity index (χ0v) is 8.53. The maximum absolute atomic E-state index is 2.29. The summed E-state index contributed by atoms with van der Waals surface area (Å²) < 4.78 is 0. The van der Waals surface area contributed by atoms with Gasteiger partial charge >= 0.3 is 0 Å². The van der Waals surface area contributed by atoms with Crippen LogP contribution in [-0.2, 0) is 0 Å². The van der Waals surface area contributed by atoms with Crippen molar-refractivity contribution in [2.45, 2.75) is 26.7 Å². The van der Waals surface area contributed by atoms with Gasteiger partial charge in [0.1, 0.15) is 0 Å². The Hall–Kier alpha value is -1.04. The lowest BCUT2D eigenvalue weighted by Crippen LogP contribution is -1.80. The third kappa shape index (κ3) is 4.51. The fourth-order valence-corrected chi connectivity index (χ4v) is 1.28. The Morgan fingerprint density at radius 2 is 2.00 bits per heavy atom. The molecule has 1 atom stereocenters. The number of hydrogen-bond acceptors (Lipinski definition) is 0. The monoisotopic (exact) mass is 174 g/mol. The van der Waals surface area contributed by atoms with Crippen LogP contribution in [0.4, 0.5) is 0 Å². The molecule has 13 heavy (non-hydrogen) atoms. The Labute approximate surface area is 81.4 Å². The van der Waals surface area contributed by atoms with Crippen molar-refractivity contribution in [3.8, 4) is 0 Å². The van der Waals surface area contributed by atoms with E-state index in [1.54, 1.807) is 0 Å². The lowest BCUT2D eigenvalue weighted by molar-refractivity contribution is 0.934. The molecule has 0 saturated heterocycles. The Kier molecular flexibility index (Phi) is 4.31. The molecule has 1 unspecified atom stereocenters. The van der Waals surface area contributed by atoms with E-state index in [0.29, 0.717) is 5.92 Å². The van der Waals surface area contributed by atoms with E-state index >= 15 is 0 Å². The molecule has 0 aromatic carbocycles. The molecule has 0 radical (unpaired) electrons. The van der Waals surface area contributed by atoms with Gasteiger partial charge in [0.25, 0.3) is 0 Å². The first kappa shape index (κ1) is 10.0. The quantitative estimate of drug-likeness (QED) is 0.486. The van der Waals surface area contributed by atoms with Gasteiger partial charge in [-0.2, -0.15) is 0 Å². The summed E-state index contributed by atoms with van der Waals surface area (Å²) in [7, 11) is 0. The molecule has 1 rings (SSSR count). The van der Waals surface area contributed by atoms with Crippen LogP contribution in [0.5, 0.6) is 0 Å². The number of hydrogen-bond donors (Lipinski definition) is 0. The summed E-state index contributed by atoms with van der Waals surface area (Å²) in [5, 5.41) is 0. The molecule has 0 heterocycles. The average Bonchev–Trinajstić information content (AvgIpc) is 2.14. The highest BCUT2D eigenvalue weighted by atomic mass is 14.0. The summed E-state index contributed by atoms with van der Waals surface area (Å²) in [6, 6.07) is 0. The van der Waals surface area contributed by atoms with Gasteiger partial charge in [-0.05, 0) is 25.7 Å². The van der Waals surface area contributed by atoms with E-state index in [4.69, 9.17) is 0 Å². The van der Waals surface area contributed by atoms with Crippen LogP contribution < -0.4 is 0 Å². The van der Waals surface area contributed by atoms with Crippen LogP contribution in [-0.4, -0.2) is 0 Å². The summed E-state index contributed by atoms with van der Waals surface area (Å²) in [6.45, 7) is 4.39. The van der Waals surface area contributed by atoms with Gasteiger partial charge in [0.2, 0.25) is 0 Å². The SMILES string of the molecule is CC1=CC/C=C\C(C)/C=C\C=C/C1. The van der Waals surface area contributed by atoms with Gasteiger partial charge < -0.3 is 0 Å². The van der Waals surface area contributed by atoms with E-state index in [0.717, 1.165) is 12.8 Å². The zero-order valence-electron chi connectivity index (χ0n) is 8.53. The number of allylic oxidation sites excluding steroid dienone is 8. The lowest BCUT2D eigenvalue weighted by Gasteiger charge is -1.95. The van der Waals surface area contributed by atoms with E-state index in [-0.39, 0.29) is 0 Å². The van der Waals surface area contributed by atoms with Crippen LogP contribution >= 0.6 is 0 Å². The molecule has 0 amide bonds. The summed E-state index contributed by atoms with van der Waals surface area (Å²) in [6.07, 6.45) is 17.6. The standard InChI is InChI=1S/C13H18/c1-12-8-4-3-5-9-13(2)11-7-6-10-12/h3-6,8,10-12H,7,9H2,1-2H3/b5-3-,8-4-,10-6-,13-11?. The fourth-order valence-electron chi connectivity index (χ4n) is 1.28. The Morgan fingerprint density at radius 3 is 2.85 bits per heavy atom. The van der Waals surface area contributed by atoms with Crippen LogP contribution in [0.15, 0.2) is 48.1 Å². The van der Waals surface area contributed by atoms with Gasteiger partial charge in [-0.15, -0.1) is 0 Å². The molecule has 0 aromatic rings. The largest absolute Gasteiger partial charge is 0.0842 e. The van der Waals surface area contributed by atoms with Crippen LogP contribution in [0.1, 0.15) is 26.7 Å². The van der Waals surface area contributed by atoms with Gasteiger partial charge in [0.15, 0.2) is 0 Å². The third-order valence-corrected chi connectivity index (χ3v) is 2.14. The lowest BCUT2D eigenvalue weighted by atomic mass is 10.1. The molecule has 0 saturated carbocycles. The molecule has 1 aliphatic carbocycles. The van der Waals surface area contributed by atoms with E-state index in [1.807, 2.05) is 0 Å². The molecule has 0 spiro atoms. The zero-order chi connectivity index (χ0) is 9.52. The first-order valence-corrected chi connectivity index (χ1v) is 4.94. The maximum atomic E-state index is 2.29. The summed E-state index contributed by atoms with van der Waals surface area (Å²) in [5.41, 5.74) is 1.45. The van der Waals surface area contributed by atoms with Crippen LogP contribution in [0.2, 0.25) is 0 Å². The summed E-state index contributed by atoms with van der Waals surface area (Å²) in [5.74, 6) is 0.552.